The molecule has 2 rings (SSSR count). The molecule has 1 saturated heterocycles. The summed E-state index contributed by atoms with van der Waals surface area (Å²) in [5.74, 6) is -0.307. The fourth-order valence-electron chi connectivity index (χ4n) is 1.26. The summed E-state index contributed by atoms with van der Waals surface area (Å²) in [6, 6.07) is 3.04. The van der Waals surface area contributed by atoms with Gasteiger partial charge in [-0.25, -0.2) is 4.39 Å². The van der Waals surface area contributed by atoms with Gasteiger partial charge in [0, 0.05) is 10.0 Å². The van der Waals surface area contributed by atoms with E-state index in [9.17, 15) is 4.39 Å². The quantitative estimate of drug-likeness (QED) is 0.737. The van der Waals surface area contributed by atoms with Crippen molar-refractivity contribution in [1.29, 1.82) is 0 Å². The molecule has 1 aliphatic heterocycles. The highest BCUT2D eigenvalue weighted by Gasteiger charge is 2.22. The molecule has 5 heteroatoms. The molecule has 0 radical (unpaired) electrons. The molecular formula is C9H7Br2FO2. The fraction of sp³-hybridized carbons (Fsp3) is 0.333. The Morgan fingerprint density at radius 2 is 1.79 bits per heavy atom. The number of ether oxygens (including phenoxy) is 2. The van der Waals surface area contributed by atoms with E-state index >= 15 is 0 Å². The molecule has 1 fully saturated rings. The number of hydrogen-bond acceptors (Lipinski definition) is 2. The number of hydrogen-bond donors (Lipinski definition) is 0. The lowest BCUT2D eigenvalue weighted by Gasteiger charge is -2.12. The topological polar surface area (TPSA) is 18.5 Å². The summed E-state index contributed by atoms with van der Waals surface area (Å²) < 4.78 is 24.8. The molecule has 0 N–H and O–H groups in total. The molecule has 0 aliphatic carbocycles. The molecule has 76 valence electrons. The molecule has 0 unspecified atom stereocenters. The van der Waals surface area contributed by atoms with Gasteiger partial charge < -0.3 is 9.47 Å². The molecule has 1 aliphatic rings. The molecule has 0 saturated carbocycles. The zero-order chi connectivity index (χ0) is 10.1. The van der Waals surface area contributed by atoms with Crippen molar-refractivity contribution in [3.63, 3.8) is 0 Å². The van der Waals surface area contributed by atoms with Crippen molar-refractivity contribution in [3.05, 3.63) is 32.5 Å². The minimum absolute atomic E-state index is 0.307. The van der Waals surface area contributed by atoms with E-state index in [2.05, 4.69) is 31.9 Å². The minimum Gasteiger partial charge on any atom is -0.346 e. The molecule has 2 nitrogen and oxygen atoms in total. The predicted molar refractivity (Wildman–Crippen MR) is 56.4 cm³/mol. The Morgan fingerprint density at radius 1 is 1.14 bits per heavy atom. The Kier molecular flexibility index (Phi) is 3.21. The summed E-state index contributed by atoms with van der Waals surface area (Å²) in [4.78, 5) is 0. The lowest BCUT2D eigenvalue weighted by molar-refractivity contribution is -0.0447. The first-order chi connectivity index (χ1) is 6.70. The first-order valence-electron chi connectivity index (χ1n) is 4.07. The Labute approximate surface area is 97.6 Å². The lowest BCUT2D eigenvalue weighted by Crippen LogP contribution is -2.00. The molecule has 14 heavy (non-hydrogen) atoms. The summed E-state index contributed by atoms with van der Waals surface area (Å²) in [6.07, 6.45) is -0.388. The highest BCUT2D eigenvalue weighted by atomic mass is 79.9. The number of rotatable bonds is 1. The van der Waals surface area contributed by atoms with Gasteiger partial charge in [0.1, 0.15) is 5.82 Å². The van der Waals surface area contributed by atoms with Gasteiger partial charge in [-0.05, 0) is 44.0 Å². The monoisotopic (exact) mass is 324 g/mol. The van der Waals surface area contributed by atoms with E-state index < -0.39 is 0 Å². The SMILES string of the molecule is Fc1ccc(C2OCCO2)c(Br)c1Br. The van der Waals surface area contributed by atoms with Crippen molar-refractivity contribution in [3.8, 4) is 0 Å². The van der Waals surface area contributed by atoms with Crippen LogP contribution in [0.5, 0.6) is 0 Å². The van der Waals surface area contributed by atoms with E-state index in [1.54, 1.807) is 6.07 Å². The van der Waals surface area contributed by atoms with Crippen molar-refractivity contribution < 1.29 is 13.9 Å². The Bertz CT molecular complexity index is 351. The van der Waals surface area contributed by atoms with Gasteiger partial charge >= 0.3 is 0 Å². The van der Waals surface area contributed by atoms with E-state index in [-0.39, 0.29) is 12.1 Å². The van der Waals surface area contributed by atoms with Crippen LogP contribution in [-0.4, -0.2) is 13.2 Å². The van der Waals surface area contributed by atoms with E-state index in [4.69, 9.17) is 9.47 Å². The van der Waals surface area contributed by atoms with Crippen molar-refractivity contribution in [2.45, 2.75) is 6.29 Å². The van der Waals surface area contributed by atoms with Gasteiger partial charge in [-0.15, -0.1) is 0 Å². The van der Waals surface area contributed by atoms with E-state index in [1.807, 2.05) is 0 Å². The minimum atomic E-state index is -0.388. The molecule has 0 amide bonds. The van der Waals surface area contributed by atoms with Gasteiger partial charge in [-0.3, -0.25) is 0 Å². The lowest BCUT2D eigenvalue weighted by atomic mass is 10.2. The zero-order valence-electron chi connectivity index (χ0n) is 7.10. The first-order valence-corrected chi connectivity index (χ1v) is 5.65. The smallest absolute Gasteiger partial charge is 0.185 e. The van der Waals surface area contributed by atoms with Crippen LogP contribution >= 0.6 is 31.9 Å². The predicted octanol–water partition coefficient (Wildman–Crippen LogP) is 3.40. The Balaban J connectivity index is 2.38. The van der Waals surface area contributed by atoms with Gasteiger partial charge in [0.2, 0.25) is 0 Å². The van der Waals surface area contributed by atoms with Gasteiger partial charge in [-0.2, -0.15) is 0 Å². The molecule has 1 aromatic carbocycles. The maximum Gasteiger partial charge on any atom is 0.185 e. The third-order valence-electron chi connectivity index (χ3n) is 1.94. The van der Waals surface area contributed by atoms with Crippen LogP contribution < -0.4 is 0 Å². The molecule has 0 spiro atoms. The largest absolute Gasteiger partial charge is 0.346 e. The normalized spacial score (nSPS) is 17.6. The van der Waals surface area contributed by atoms with Crippen LogP contribution in [-0.2, 0) is 9.47 Å². The first kappa shape index (κ1) is 10.5. The third-order valence-corrected chi connectivity index (χ3v) is 4.10. The average Bonchev–Trinajstić information content (AvgIpc) is 2.67. The maximum atomic E-state index is 13.1. The highest BCUT2D eigenvalue weighted by Crippen LogP contribution is 2.35. The van der Waals surface area contributed by atoms with Gasteiger partial charge in [0.05, 0.1) is 17.7 Å². The van der Waals surface area contributed by atoms with Crippen LogP contribution in [0.1, 0.15) is 11.9 Å². The zero-order valence-corrected chi connectivity index (χ0v) is 10.3. The summed E-state index contributed by atoms with van der Waals surface area (Å²) in [5.41, 5.74) is 0.802. The van der Waals surface area contributed by atoms with Crippen molar-refractivity contribution in [2.24, 2.45) is 0 Å². The molecule has 0 bridgehead atoms. The van der Waals surface area contributed by atoms with Crippen LogP contribution in [0.2, 0.25) is 0 Å². The second kappa shape index (κ2) is 4.26. The van der Waals surface area contributed by atoms with Gasteiger partial charge in [-0.1, -0.05) is 0 Å². The second-order valence-electron chi connectivity index (χ2n) is 2.84. The summed E-state index contributed by atoms with van der Waals surface area (Å²) >= 11 is 6.44. The summed E-state index contributed by atoms with van der Waals surface area (Å²) in [7, 11) is 0. The number of benzene rings is 1. The standard InChI is InChI=1S/C9H7Br2FO2/c10-7-5(9-13-3-4-14-9)1-2-6(12)8(7)11/h1-2,9H,3-4H2. The molecule has 0 aromatic heterocycles. The highest BCUT2D eigenvalue weighted by molar-refractivity contribution is 9.13. The van der Waals surface area contributed by atoms with E-state index in [0.717, 1.165) is 5.56 Å². The second-order valence-corrected chi connectivity index (χ2v) is 4.42. The Hall–Kier alpha value is 0.0300. The van der Waals surface area contributed by atoms with Crippen LogP contribution in [0.15, 0.2) is 21.1 Å². The third kappa shape index (κ3) is 1.86. The molecular weight excluding hydrogens is 319 g/mol. The summed E-state index contributed by atoms with van der Waals surface area (Å²) in [5, 5.41) is 0. The van der Waals surface area contributed by atoms with Crippen molar-refractivity contribution in [2.75, 3.05) is 13.2 Å². The number of halogens is 3. The average molecular weight is 326 g/mol. The molecule has 0 atom stereocenters. The van der Waals surface area contributed by atoms with Crippen LogP contribution in [0.3, 0.4) is 0 Å². The van der Waals surface area contributed by atoms with Crippen molar-refractivity contribution in [1.82, 2.24) is 0 Å². The Morgan fingerprint density at radius 3 is 2.43 bits per heavy atom. The maximum absolute atomic E-state index is 13.1. The summed E-state index contributed by atoms with van der Waals surface area (Å²) in [6.45, 7) is 1.15. The fourth-order valence-corrected chi connectivity index (χ4v) is 2.13. The van der Waals surface area contributed by atoms with Crippen molar-refractivity contribution >= 4 is 31.9 Å². The van der Waals surface area contributed by atoms with Gasteiger partial charge in [0.15, 0.2) is 6.29 Å². The van der Waals surface area contributed by atoms with E-state index in [1.165, 1.54) is 6.07 Å². The van der Waals surface area contributed by atoms with E-state index in [0.29, 0.717) is 22.2 Å². The van der Waals surface area contributed by atoms with Crippen LogP contribution in [0.25, 0.3) is 0 Å². The van der Waals surface area contributed by atoms with Crippen LogP contribution in [0.4, 0.5) is 4.39 Å². The molecule has 1 aromatic rings. The van der Waals surface area contributed by atoms with Gasteiger partial charge in [0.25, 0.3) is 0 Å². The van der Waals surface area contributed by atoms with Crippen LogP contribution in [0, 0.1) is 5.82 Å². The molecule has 1 heterocycles.